The molecule has 0 spiro atoms. The van der Waals surface area contributed by atoms with Crippen LogP contribution >= 0.6 is 11.8 Å². The molecule has 0 unspecified atom stereocenters. The van der Waals surface area contributed by atoms with Crippen molar-refractivity contribution in [1.29, 1.82) is 0 Å². The molecule has 2 aromatic rings. The maximum atomic E-state index is 12.9. The Balaban J connectivity index is 2.11. The molecule has 1 aromatic heterocycles. The standard InChI is InChI=1S/C17H20FN3O2S/c1-24-10-8-14(19)16(22)20-15-3-2-9-21(17(15)23)11-12-4-6-13(18)7-5-12/h2-7,9,14H,8,10-11,19H2,1H3,(H,20,22)/t14-/m0/s1. The van der Waals surface area contributed by atoms with Crippen LogP contribution < -0.4 is 16.6 Å². The number of thioether (sulfide) groups is 1. The normalized spacial score (nSPS) is 12.0. The lowest BCUT2D eigenvalue weighted by atomic mass is 10.2. The maximum absolute atomic E-state index is 12.9. The van der Waals surface area contributed by atoms with Crippen LogP contribution in [-0.2, 0) is 11.3 Å². The first-order valence-corrected chi connectivity index (χ1v) is 8.90. The van der Waals surface area contributed by atoms with E-state index >= 15 is 0 Å². The molecule has 5 nitrogen and oxygen atoms in total. The molecule has 7 heteroatoms. The van der Waals surface area contributed by atoms with Gasteiger partial charge in [0.2, 0.25) is 5.91 Å². The Bertz CT molecular complexity index is 746. The van der Waals surface area contributed by atoms with Crippen molar-refractivity contribution in [3.63, 3.8) is 0 Å². The van der Waals surface area contributed by atoms with Crippen molar-refractivity contribution < 1.29 is 9.18 Å². The average molecular weight is 349 g/mol. The summed E-state index contributed by atoms with van der Waals surface area (Å²) in [6.07, 6.45) is 4.11. The third-order valence-electron chi connectivity index (χ3n) is 3.51. The van der Waals surface area contributed by atoms with Gasteiger partial charge in [0.05, 0.1) is 12.6 Å². The summed E-state index contributed by atoms with van der Waals surface area (Å²) in [4.78, 5) is 24.5. The molecular formula is C17H20FN3O2S. The largest absolute Gasteiger partial charge is 0.320 e. The van der Waals surface area contributed by atoms with Gasteiger partial charge in [0.15, 0.2) is 0 Å². The highest BCUT2D eigenvalue weighted by Crippen LogP contribution is 2.07. The van der Waals surface area contributed by atoms with E-state index in [1.165, 1.54) is 16.7 Å². The summed E-state index contributed by atoms with van der Waals surface area (Å²) < 4.78 is 14.4. The van der Waals surface area contributed by atoms with Gasteiger partial charge in [-0.3, -0.25) is 9.59 Å². The van der Waals surface area contributed by atoms with Gasteiger partial charge in [-0.05, 0) is 48.3 Å². The van der Waals surface area contributed by atoms with Gasteiger partial charge in [0.1, 0.15) is 11.5 Å². The summed E-state index contributed by atoms with van der Waals surface area (Å²) in [5, 5.41) is 2.59. The summed E-state index contributed by atoms with van der Waals surface area (Å²) in [6, 6.07) is 8.49. The smallest absolute Gasteiger partial charge is 0.274 e. The van der Waals surface area contributed by atoms with Crippen LogP contribution in [0.4, 0.5) is 10.1 Å². The van der Waals surface area contributed by atoms with Gasteiger partial charge in [0.25, 0.3) is 5.56 Å². The number of hydrogen-bond acceptors (Lipinski definition) is 4. The fourth-order valence-electron chi connectivity index (χ4n) is 2.14. The lowest BCUT2D eigenvalue weighted by Gasteiger charge is -2.13. The van der Waals surface area contributed by atoms with Crippen LogP contribution in [0.15, 0.2) is 47.4 Å². The van der Waals surface area contributed by atoms with Gasteiger partial charge >= 0.3 is 0 Å². The van der Waals surface area contributed by atoms with Crippen LogP contribution in [0.1, 0.15) is 12.0 Å². The van der Waals surface area contributed by atoms with Gasteiger partial charge in [-0.25, -0.2) is 4.39 Å². The highest BCUT2D eigenvalue weighted by atomic mass is 32.2. The van der Waals surface area contributed by atoms with Crippen molar-refractivity contribution in [3.05, 3.63) is 64.3 Å². The molecule has 128 valence electrons. The van der Waals surface area contributed by atoms with E-state index in [0.717, 1.165) is 11.3 Å². The van der Waals surface area contributed by atoms with Crippen molar-refractivity contribution in [2.75, 3.05) is 17.3 Å². The number of benzene rings is 1. The summed E-state index contributed by atoms with van der Waals surface area (Å²) in [5.74, 6) is 0.0741. The number of pyridine rings is 1. The molecule has 0 bridgehead atoms. The van der Waals surface area contributed by atoms with Gasteiger partial charge < -0.3 is 15.6 Å². The van der Waals surface area contributed by atoms with E-state index in [9.17, 15) is 14.0 Å². The van der Waals surface area contributed by atoms with Crippen molar-refractivity contribution in [2.45, 2.75) is 19.0 Å². The SMILES string of the molecule is CSCC[C@H](N)C(=O)Nc1cccn(Cc2ccc(F)cc2)c1=O. The van der Waals surface area contributed by atoms with E-state index in [4.69, 9.17) is 5.73 Å². The van der Waals surface area contributed by atoms with Crippen LogP contribution in [-0.4, -0.2) is 28.5 Å². The van der Waals surface area contributed by atoms with E-state index in [1.807, 2.05) is 6.26 Å². The molecule has 0 saturated carbocycles. The molecule has 0 aliphatic heterocycles. The number of nitrogens with zero attached hydrogens (tertiary/aromatic N) is 1. The fourth-order valence-corrected chi connectivity index (χ4v) is 2.63. The number of halogens is 1. The number of anilines is 1. The summed E-state index contributed by atoms with van der Waals surface area (Å²) in [7, 11) is 0. The Kier molecular flexibility index (Phi) is 6.57. The summed E-state index contributed by atoms with van der Waals surface area (Å²) >= 11 is 1.61. The van der Waals surface area contributed by atoms with E-state index in [0.29, 0.717) is 13.0 Å². The van der Waals surface area contributed by atoms with E-state index < -0.39 is 6.04 Å². The van der Waals surface area contributed by atoms with Crippen LogP contribution in [0.25, 0.3) is 0 Å². The molecule has 1 atom stereocenters. The quantitative estimate of drug-likeness (QED) is 0.802. The predicted octanol–water partition coefficient (Wildman–Crippen LogP) is 2.05. The zero-order valence-corrected chi connectivity index (χ0v) is 14.2. The monoisotopic (exact) mass is 349 g/mol. The molecule has 1 amide bonds. The Hall–Kier alpha value is -2.12. The van der Waals surface area contributed by atoms with Gasteiger partial charge in [-0.1, -0.05) is 12.1 Å². The number of amides is 1. The zero-order valence-electron chi connectivity index (χ0n) is 13.4. The summed E-state index contributed by atoms with van der Waals surface area (Å²) in [5.41, 5.74) is 6.46. The first kappa shape index (κ1) is 18.2. The number of hydrogen-bond donors (Lipinski definition) is 2. The molecule has 0 radical (unpaired) electrons. The highest BCUT2D eigenvalue weighted by Gasteiger charge is 2.15. The van der Waals surface area contributed by atoms with Crippen LogP contribution in [0.2, 0.25) is 0 Å². The Morgan fingerprint density at radius 2 is 2.04 bits per heavy atom. The van der Waals surface area contributed by atoms with Gasteiger partial charge in [0, 0.05) is 6.20 Å². The molecule has 2 rings (SSSR count). The molecule has 1 heterocycles. The first-order chi connectivity index (χ1) is 11.5. The van der Waals surface area contributed by atoms with E-state index in [-0.39, 0.29) is 23.0 Å². The number of rotatable bonds is 7. The van der Waals surface area contributed by atoms with Crippen molar-refractivity contribution in [2.24, 2.45) is 5.73 Å². The lowest BCUT2D eigenvalue weighted by molar-refractivity contribution is -0.117. The second-order valence-corrected chi connectivity index (χ2v) is 6.34. The minimum absolute atomic E-state index is 0.184. The molecule has 1 aromatic carbocycles. The highest BCUT2D eigenvalue weighted by molar-refractivity contribution is 7.98. The van der Waals surface area contributed by atoms with Crippen LogP contribution in [0.5, 0.6) is 0 Å². The fraction of sp³-hybridized carbons (Fsp3) is 0.294. The number of nitrogens with two attached hydrogens (primary N) is 1. The van der Waals surface area contributed by atoms with Crippen molar-refractivity contribution in [3.8, 4) is 0 Å². The molecule has 0 fully saturated rings. The predicted molar refractivity (Wildman–Crippen MR) is 95.8 cm³/mol. The Labute approximate surface area is 144 Å². The lowest BCUT2D eigenvalue weighted by Crippen LogP contribution is -2.38. The average Bonchev–Trinajstić information content (AvgIpc) is 2.58. The number of carbonyl (C=O) groups excluding carboxylic acids is 1. The second kappa shape index (κ2) is 8.65. The molecule has 0 aliphatic rings. The minimum Gasteiger partial charge on any atom is -0.320 e. The van der Waals surface area contributed by atoms with Crippen molar-refractivity contribution in [1.82, 2.24) is 4.57 Å². The Morgan fingerprint density at radius 1 is 1.33 bits per heavy atom. The van der Waals surface area contributed by atoms with Gasteiger partial charge in [-0.15, -0.1) is 0 Å². The van der Waals surface area contributed by atoms with E-state index in [1.54, 1.807) is 42.2 Å². The molecular weight excluding hydrogens is 329 g/mol. The van der Waals surface area contributed by atoms with E-state index in [2.05, 4.69) is 5.32 Å². The maximum Gasteiger partial charge on any atom is 0.274 e. The molecule has 3 N–H and O–H groups in total. The summed E-state index contributed by atoms with van der Waals surface area (Å²) in [6.45, 7) is 0.293. The molecule has 24 heavy (non-hydrogen) atoms. The minimum atomic E-state index is -0.650. The topological polar surface area (TPSA) is 77.1 Å². The Morgan fingerprint density at radius 3 is 2.71 bits per heavy atom. The van der Waals surface area contributed by atoms with Crippen LogP contribution in [0, 0.1) is 5.82 Å². The second-order valence-electron chi connectivity index (χ2n) is 5.36. The zero-order chi connectivity index (χ0) is 17.5. The number of aromatic nitrogens is 1. The first-order valence-electron chi connectivity index (χ1n) is 7.50. The van der Waals surface area contributed by atoms with Crippen molar-refractivity contribution >= 4 is 23.4 Å². The van der Waals surface area contributed by atoms with Crippen LogP contribution in [0.3, 0.4) is 0 Å². The van der Waals surface area contributed by atoms with Gasteiger partial charge in [-0.2, -0.15) is 11.8 Å². The number of nitrogens with one attached hydrogen (secondary N) is 1. The molecule has 0 aliphatic carbocycles. The third kappa shape index (κ3) is 4.94. The molecule has 0 saturated heterocycles. The third-order valence-corrected chi connectivity index (χ3v) is 4.16. The number of carbonyl (C=O) groups is 1.